The second kappa shape index (κ2) is 9.88. The van der Waals surface area contributed by atoms with Crippen LogP contribution in [0.15, 0.2) is 77.3 Å². The lowest BCUT2D eigenvalue weighted by atomic mass is 10.1. The maximum atomic E-state index is 12.7. The van der Waals surface area contributed by atoms with Gasteiger partial charge >= 0.3 is 0 Å². The Morgan fingerprint density at radius 3 is 2.64 bits per heavy atom. The molecule has 0 radical (unpaired) electrons. The highest BCUT2D eigenvalue weighted by atomic mass is 32.1. The Morgan fingerprint density at radius 2 is 1.83 bits per heavy atom. The fraction of sp³-hybridized carbons (Fsp3) is 0.0769. The Hall–Kier alpha value is -4.70. The van der Waals surface area contributed by atoms with E-state index in [1.165, 1.54) is 11.3 Å². The molecule has 3 aromatic carbocycles. The third-order valence-electron chi connectivity index (χ3n) is 5.37. The number of carbonyl (C=O) groups is 1. The van der Waals surface area contributed by atoms with Crippen LogP contribution in [0.2, 0.25) is 0 Å². The molecule has 0 atom stereocenters. The summed E-state index contributed by atoms with van der Waals surface area (Å²) in [7, 11) is 1.56. The molecule has 2 aromatic heterocycles. The van der Waals surface area contributed by atoms with Gasteiger partial charge in [0.2, 0.25) is 5.82 Å². The Kier molecular flexibility index (Phi) is 6.33. The molecule has 0 bridgehead atoms. The van der Waals surface area contributed by atoms with Crippen LogP contribution in [-0.4, -0.2) is 28.1 Å². The molecule has 9 nitrogen and oxygen atoms in total. The van der Waals surface area contributed by atoms with E-state index in [1.54, 1.807) is 37.4 Å². The standard InChI is InChI=1S/C26H22N6O3S/c1-15-11-12-18(28-24(33)16-7-6-10-19(13-16)34-2)14-20(15)23-31-25(35-32-23)21-22(27)30-26(36-21)29-17-8-4-3-5-9-17/h3-14H,27H2,1-2H3,(H,28,33)(H,29,30). The van der Waals surface area contributed by atoms with E-state index in [4.69, 9.17) is 15.0 Å². The minimum Gasteiger partial charge on any atom is -0.497 e. The quantitative estimate of drug-likeness (QED) is 0.259. The fourth-order valence-electron chi connectivity index (χ4n) is 3.52. The summed E-state index contributed by atoms with van der Waals surface area (Å²) >= 11 is 1.32. The first-order valence-corrected chi connectivity index (χ1v) is 11.8. The Labute approximate surface area is 211 Å². The molecule has 2 heterocycles. The molecular formula is C26H22N6O3S. The second-order valence-electron chi connectivity index (χ2n) is 7.86. The van der Waals surface area contributed by atoms with Crippen LogP contribution < -0.4 is 21.1 Å². The van der Waals surface area contributed by atoms with Gasteiger partial charge in [-0.2, -0.15) is 4.98 Å². The van der Waals surface area contributed by atoms with Crippen molar-refractivity contribution in [2.24, 2.45) is 0 Å². The van der Waals surface area contributed by atoms with Crippen molar-refractivity contribution in [3.63, 3.8) is 0 Å². The van der Waals surface area contributed by atoms with Gasteiger partial charge in [-0.15, -0.1) is 0 Å². The summed E-state index contributed by atoms with van der Waals surface area (Å²) in [6, 6.07) is 22.1. The number of para-hydroxylation sites is 1. The lowest BCUT2D eigenvalue weighted by Crippen LogP contribution is -2.12. The predicted molar refractivity (Wildman–Crippen MR) is 141 cm³/mol. The number of thiazole rings is 1. The van der Waals surface area contributed by atoms with Crippen LogP contribution in [0.25, 0.3) is 22.2 Å². The summed E-state index contributed by atoms with van der Waals surface area (Å²) in [6.45, 7) is 1.93. The van der Waals surface area contributed by atoms with E-state index in [2.05, 4.69) is 25.8 Å². The van der Waals surface area contributed by atoms with Crippen molar-refractivity contribution in [2.75, 3.05) is 23.5 Å². The predicted octanol–water partition coefficient (Wildman–Crippen LogP) is 5.76. The van der Waals surface area contributed by atoms with Crippen LogP contribution in [0.3, 0.4) is 0 Å². The minimum absolute atomic E-state index is 0.256. The van der Waals surface area contributed by atoms with Crippen LogP contribution in [0, 0.1) is 6.92 Å². The molecule has 0 aliphatic heterocycles. The number of methoxy groups -OCH3 is 1. The molecule has 5 aromatic rings. The van der Waals surface area contributed by atoms with Crippen molar-refractivity contribution < 1.29 is 14.1 Å². The molecule has 0 aliphatic carbocycles. The van der Waals surface area contributed by atoms with Crippen molar-refractivity contribution in [1.82, 2.24) is 15.1 Å². The lowest BCUT2D eigenvalue weighted by Gasteiger charge is -2.09. The SMILES string of the molecule is COc1cccc(C(=O)Nc2ccc(C)c(-c3noc(-c4sc(Nc5ccccc5)nc4N)n3)c2)c1. The zero-order valence-corrected chi connectivity index (χ0v) is 20.3. The van der Waals surface area contributed by atoms with E-state index in [0.29, 0.717) is 38.7 Å². The van der Waals surface area contributed by atoms with Gasteiger partial charge in [-0.25, -0.2) is 4.98 Å². The molecule has 1 amide bonds. The number of hydrogen-bond acceptors (Lipinski definition) is 9. The van der Waals surface area contributed by atoms with E-state index in [9.17, 15) is 4.79 Å². The average molecular weight is 499 g/mol. The summed E-state index contributed by atoms with van der Waals surface area (Å²) in [5.41, 5.74) is 9.76. The summed E-state index contributed by atoms with van der Waals surface area (Å²) in [5, 5.41) is 10.9. The first-order valence-electron chi connectivity index (χ1n) is 11.0. The number of ether oxygens (including phenoxy) is 1. The molecule has 10 heteroatoms. The van der Waals surface area contributed by atoms with E-state index in [1.807, 2.05) is 49.4 Å². The van der Waals surface area contributed by atoms with Gasteiger partial charge in [0, 0.05) is 22.5 Å². The first kappa shape index (κ1) is 23.1. The zero-order chi connectivity index (χ0) is 25.1. The van der Waals surface area contributed by atoms with E-state index >= 15 is 0 Å². The van der Waals surface area contributed by atoms with Gasteiger partial charge in [0.25, 0.3) is 11.8 Å². The van der Waals surface area contributed by atoms with Crippen molar-refractivity contribution in [1.29, 1.82) is 0 Å². The summed E-state index contributed by atoms with van der Waals surface area (Å²) in [4.78, 5) is 22.2. The number of anilines is 4. The number of hydrogen-bond donors (Lipinski definition) is 3. The Morgan fingerprint density at radius 1 is 1.00 bits per heavy atom. The topological polar surface area (TPSA) is 128 Å². The van der Waals surface area contributed by atoms with Crippen LogP contribution in [0.4, 0.5) is 22.3 Å². The van der Waals surface area contributed by atoms with Gasteiger partial charge in [0.15, 0.2) is 5.13 Å². The number of nitrogens with one attached hydrogen (secondary N) is 2. The van der Waals surface area contributed by atoms with E-state index in [-0.39, 0.29) is 11.8 Å². The number of nitrogens with two attached hydrogens (primary N) is 1. The number of aromatic nitrogens is 3. The van der Waals surface area contributed by atoms with Gasteiger partial charge in [-0.3, -0.25) is 4.79 Å². The number of aryl methyl sites for hydroxylation is 1. The molecular weight excluding hydrogens is 476 g/mol. The largest absolute Gasteiger partial charge is 0.497 e. The highest BCUT2D eigenvalue weighted by Gasteiger charge is 2.19. The van der Waals surface area contributed by atoms with Gasteiger partial charge in [-0.05, 0) is 55.0 Å². The summed E-state index contributed by atoms with van der Waals surface area (Å²) in [5.74, 6) is 1.30. The molecule has 0 unspecified atom stereocenters. The molecule has 0 fully saturated rings. The zero-order valence-electron chi connectivity index (χ0n) is 19.5. The second-order valence-corrected chi connectivity index (χ2v) is 8.86. The van der Waals surface area contributed by atoms with Gasteiger partial charge in [-0.1, -0.05) is 46.8 Å². The van der Waals surface area contributed by atoms with Gasteiger partial charge in [0.05, 0.1) is 7.11 Å². The molecule has 0 saturated carbocycles. The molecule has 0 spiro atoms. The lowest BCUT2D eigenvalue weighted by molar-refractivity contribution is 0.102. The summed E-state index contributed by atoms with van der Waals surface area (Å²) < 4.78 is 10.7. The molecule has 5 rings (SSSR count). The van der Waals surface area contributed by atoms with Crippen LogP contribution in [-0.2, 0) is 0 Å². The monoisotopic (exact) mass is 498 g/mol. The summed E-state index contributed by atoms with van der Waals surface area (Å²) in [6.07, 6.45) is 0. The Balaban J connectivity index is 1.37. The fourth-order valence-corrected chi connectivity index (χ4v) is 4.34. The smallest absolute Gasteiger partial charge is 0.272 e. The maximum Gasteiger partial charge on any atom is 0.272 e. The van der Waals surface area contributed by atoms with E-state index in [0.717, 1.165) is 16.8 Å². The normalized spacial score (nSPS) is 10.7. The van der Waals surface area contributed by atoms with Gasteiger partial charge in [0.1, 0.15) is 16.4 Å². The van der Waals surface area contributed by atoms with Crippen LogP contribution in [0.1, 0.15) is 15.9 Å². The molecule has 4 N–H and O–H groups in total. The van der Waals surface area contributed by atoms with Crippen LogP contribution in [0.5, 0.6) is 5.75 Å². The van der Waals surface area contributed by atoms with Crippen molar-refractivity contribution in [2.45, 2.75) is 6.92 Å². The van der Waals surface area contributed by atoms with Crippen molar-refractivity contribution >= 4 is 39.6 Å². The number of nitrogens with zero attached hydrogens (tertiary/aromatic N) is 3. The van der Waals surface area contributed by atoms with Crippen LogP contribution >= 0.6 is 11.3 Å². The average Bonchev–Trinajstić information content (AvgIpc) is 3.52. The number of amides is 1. The molecule has 180 valence electrons. The van der Waals surface area contributed by atoms with Gasteiger partial charge < -0.3 is 25.6 Å². The third kappa shape index (κ3) is 4.89. The number of rotatable bonds is 7. The third-order valence-corrected chi connectivity index (χ3v) is 6.34. The highest BCUT2D eigenvalue weighted by molar-refractivity contribution is 7.19. The number of carbonyl (C=O) groups excluding carboxylic acids is 1. The van der Waals surface area contributed by atoms with Crippen molar-refractivity contribution in [3.05, 3.63) is 83.9 Å². The molecule has 0 saturated heterocycles. The number of benzene rings is 3. The van der Waals surface area contributed by atoms with E-state index < -0.39 is 0 Å². The first-order chi connectivity index (χ1) is 17.5. The maximum absolute atomic E-state index is 12.7. The van der Waals surface area contributed by atoms with Crippen molar-refractivity contribution in [3.8, 4) is 27.9 Å². The number of nitrogen functional groups attached to an aromatic ring is 1. The molecule has 36 heavy (non-hydrogen) atoms. The molecule has 0 aliphatic rings. The Bertz CT molecular complexity index is 1530. The highest BCUT2D eigenvalue weighted by Crippen LogP contribution is 2.36. The minimum atomic E-state index is -0.256.